The fraction of sp³-hybridized carbons (Fsp3) is 0.0800. The number of aryl methyl sites for hydroxylation is 1. The zero-order valence-corrected chi connectivity index (χ0v) is 17.0. The molecule has 132 valence electrons. The van der Waals surface area contributed by atoms with Crippen LogP contribution in [0.15, 0.2) is 108 Å². The standard InChI is InChI=1S/C25H21NSe/c1-19-12-15-22(16-13-19)25-26-23(17-14-20-8-4-2-5-9-20)18-24(27-25)21-10-6-3-7-11-21/h2-18,24H,1H3/b17-14-. The number of hydrogen-bond acceptors (Lipinski definition) is 1. The Labute approximate surface area is 167 Å². The van der Waals surface area contributed by atoms with Gasteiger partial charge in [-0.05, 0) is 0 Å². The molecular weight excluding hydrogens is 393 g/mol. The number of aliphatic imine (C=N–C) groups is 1. The molecule has 0 aromatic heterocycles. The summed E-state index contributed by atoms with van der Waals surface area (Å²) in [6.45, 7) is 2.12. The van der Waals surface area contributed by atoms with Crippen molar-refractivity contribution in [2.45, 2.75) is 11.7 Å². The van der Waals surface area contributed by atoms with Gasteiger partial charge in [-0.1, -0.05) is 0 Å². The molecule has 0 fully saturated rings. The van der Waals surface area contributed by atoms with Crippen molar-refractivity contribution in [2.24, 2.45) is 4.99 Å². The van der Waals surface area contributed by atoms with Gasteiger partial charge in [0.25, 0.3) is 0 Å². The molecule has 0 saturated carbocycles. The maximum atomic E-state index is 4.99. The first-order valence-electron chi connectivity index (χ1n) is 9.10. The zero-order chi connectivity index (χ0) is 18.5. The number of nitrogens with zero attached hydrogens (tertiary/aromatic N) is 1. The number of rotatable bonds is 4. The van der Waals surface area contributed by atoms with Crippen LogP contribution < -0.4 is 0 Å². The van der Waals surface area contributed by atoms with E-state index in [1.165, 1.54) is 26.9 Å². The summed E-state index contributed by atoms with van der Waals surface area (Å²) < 4.78 is 1.21. The Bertz CT molecular complexity index is 984. The Balaban J connectivity index is 1.69. The summed E-state index contributed by atoms with van der Waals surface area (Å²) in [6.07, 6.45) is 6.59. The van der Waals surface area contributed by atoms with Gasteiger partial charge in [0, 0.05) is 0 Å². The van der Waals surface area contributed by atoms with E-state index >= 15 is 0 Å². The quantitative estimate of drug-likeness (QED) is 0.479. The molecule has 2 heteroatoms. The van der Waals surface area contributed by atoms with Crippen LogP contribution in [0.4, 0.5) is 0 Å². The molecule has 0 radical (unpaired) electrons. The van der Waals surface area contributed by atoms with Crippen molar-refractivity contribution in [1.82, 2.24) is 0 Å². The van der Waals surface area contributed by atoms with Crippen molar-refractivity contribution in [3.05, 3.63) is 125 Å². The molecule has 0 aliphatic carbocycles. The van der Waals surface area contributed by atoms with Gasteiger partial charge in [-0.2, -0.15) is 0 Å². The Morgan fingerprint density at radius 2 is 1.44 bits per heavy atom. The van der Waals surface area contributed by atoms with E-state index in [9.17, 15) is 0 Å². The molecule has 0 bridgehead atoms. The fourth-order valence-electron chi connectivity index (χ4n) is 2.96. The average molecular weight is 414 g/mol. The molecule has 4 rings (SSSR count). The van der Waals surface area contributed by atoms with Crippen LogP contribution in [0.5, 0.6) is 0 Å². The van der Waals surface area contributed by atoms with Gasteiger partial charge in [-0.15, -0.1) is 0 Å². The minimum absolute atomic E-state index is 0.265. The normalized spacial score (nSPS) is 16.9. The molecule has 1 nitrogen and oxygen atoms in total. The second-order valence-electron chi connectivity index (χ2n) is 6.57. The van der Waals surface area contributed by atoms with E-state index < -0.39 is 0 Å². The first-order valence-corrected chi connectivity index (χ1v) is 10.9. The van der Waals surface area contributed by atoms with Gasteiger partial charge in [0.05, 0.1) is 0 Å². The van der Waals surface area contributed by atoms with E-state index in [-0.39, 0.29) is 15.0 Å². The molecule has 1 unspecified atom stereocenters. The summed E-state index contributed by atoms with van der Waals surface area (Å²) >= 11 is 0.265. The minimum atomic E-state index is 0.265. The van der Waals surface area contributed by atoms with E-state index in [0.717, 1.165) is 5.70 Å². The van der Waals surface area contributed by atoms with Crippen molar-refractivity contribution in [3.8, 4) is 0 Å². The Kier molecular flexibility index (Phi) is 5.48. The zero-order valence-electron chi connectivity index (χ0n) is 15.2. The first kappa shape index (κ1) is 17.7. The van der Waals surface area contributed by atoms with Gasteiger partial charge < -0.3 is 0 Å². The van der Waals surface area contributed by atoms with Crippen molar-refractivity contribution >= 4 is 25.6 Å². The molecule has 0 N–H and O–H groups in total. The summed E-state index contributed by atoms with van der Waals surface area (Å²) in [5.41, 5.74) is 6.11. The fourth-order valence-corrected chi connectivity index (χ4v) is 5.42. The summed E-state index contributed by atoms with van der Waals surface area (Å²) in [5.74, 6) is 0. The number of hydrogen-bond donors (Lipinski definition) is 0. The Morgan fingerprint density at radius 1 is 0.778 bits per heavy atom. The Morgan fingerprint density at radius 3 is 2.15 bits per heavy atom. The second-order valence-corrected chi connectivity index (χ2v) is 8.94. The Hall–Kier alpha value is -2.67. The van der Waals surface area contributed by atoms with E-state index in [0.29, 0.717) is 4.82 Å². The summed E-state index contributed by atoms with van der Waals surface area (Å²) in [5, 5.41) is 0. The van der Waals surface area contributed by atoms with Gasteiger partial charge in [-0.3, -0.25) is 0 Å². The van der Waals surface area contributed by atoms with Crippen molar-refractivity contribution in [1.29, 1.82) is 0 Å². The predicted molar refractivity (Wildman–Crippen MR) is 116 cm³/mol. The SMILES string of the molecule is Cc1ccc(C2=NC(/C=C\c3ccccc3)=CC(c3ccccc3)[Se]2)cc1. The third-order valence-corrected chi connectivity index (χ3v) is 7.01. The van der Waals surface area contributed by atoms with E-state index in [1.807, 2.05) is 6.07 Å². The molecule has 0 saturated heterocycles. The van der Waals surface area contributed by atoms with Crippen molar-refractivity contribution < 1.29 is 0 Å². The summed E-state index contributed by atoms with van der Waals surface area (Å²) in [4.78, 5) is 5.40. The molecule has 1 heterocycles. The number of benzene rings is 3. The van der Waals surface area contributed by atoms with Crippen LogP contribution in [-0.4, -0.2) is 19.6 Å². The molecular formula is C25H21NSe. The molecule has 0 spiro atoms. The van der Waals surface area contributed by atoms with E-state index in [1.54, 1.807) is 0 Å². The van der Waals surface area contributed by atoms with Crippen LogP contribution in [0.3, 0.4) is 0 Å². The van der Waals surface area contributed by atoms with Gasteiger partial charge in [0.1, 0.15) is 0 Å². The van der Waals surface area contributed by atoms with Gasteiger partial charge in [0.2, 0.25) is 0 Å². The van der Waals surface area contributed by atoms with E-state index in [2.05, 4.69) is 104 Å². The van der Waals surface area contributed by atoms with Crippen LogP contribution in [0.2, 0.25) is 0 Å². The third-order valence-electron chi connectivity index (χ3n) is 4.46. The van der Waals surface area contributed by atoms with Crippen LogP contribution in [-0.2, 0) is 0 Å². The molecule has 0 amide bonds. The summed E-state index contributed by atoms with van der Waals surface area (Å²) in [6, 6.07) is 29.9. The predicted octanol–water partition coefficient (Wildman–Crippen LogP) is 5.80. The monoisotopic (exact) mass is 415 g/mol. The van der Waals surface area contributed by atoms with Crippen molar-refractivity contribution in [2.75, 3.05) is 0 Å². The van der Waals surface area contributed by atoms with Crippen LogP contribution in [0, 0.1) is 6.92 Å². The topological polar surface area (TPSA) is 12.4 Å². The van der Waals surface area contributed by atoms with Gasteiger partial charge in [0.15, 0.2) is 0 Å². The van der Waals surface area contributed by atoms with Crippen LogP contribution >= 0.6 is 0 Å². The maximum absolute atomic E-state index is 4.99. The molecule has 1 aliphatic rings. The van der Waals surface area contributed by atoms with Crippen LogP contribution in [0.1, 0.15) is 27.1 Å². The first-order chi connectivity index (χ1) is 13.3. The average Bonchev–Trinajstić information content (AvgIpc) is 2.74. The summed E-state index contributed by atoms with van der Waals surface area (Å²) in [7, 11) is 0. The third kappa shape index (κ3) is 4.54. The second kappa shape index (κ2) is 8.35. The molecule has 3 aromatic carbocycles. The number of allylic oxidation sites excluding steroid dienone is 2. The van der Waals surface area contributed by atoms with E-state index in [4.69, 9.17) is 4.99 Å². The molecule has 1 atom stereocenters. The van der Waals surface area contributed by atoms with Gasteiger partial charge >= 0.3 is 167 Å². The van der Waals surface area contributed by atoms with Gasteiger partial charge in [-0.25, -0.2) is 0 Å². The molecule has 27 heavy (non-hydrogen) atoms. The molecule has 3 aromatic rings. The van der Waals surface area contributed by atoms with Crippen LogP contribution in [0.25, 0.3) is 6.08 Å². The van der Waals surface area contributed by atoms with Crippen molar-refractivity contribution in [3.63, 3.8) is 0 Å². The molecule has 1 aliphatic heterocycles.